The third-order valence-corrected chi connectivity index (χ3v) is 2.07. The molecule has 0 fully saturated rings. The highest BCUT2D eigenvalue weighted by Gasteiger charge is 2.05. The molecule has 0 aliphatic heterocycles. The maximum Gasteiger partial charge on any atom is 0.300 e. The number of benzene rings is 1. The predicted octanol–water partition coefficient (Wildman–Crippen LogP) is 3.46. The van der Waals surface area contributed by atoms with Crippen molar-refractivity contribution in [2.75, 3.05) is 0 Å². The van der Waals surface area contributed by atoms with E-state index in [1.807, 2.05) is 0 Å². The third kappa shape index (κ3) is 5.80. The van der Waals surface area contributed by atoms with Crippen molar-refractivity contribution in [3.63, 3.8) is 0 Å². The van der Waals surface area contributed by atoms with Crippen molar-refractivity contribution in [3.05, 3.63) is 33.8 Å². The van der Waals surface area contributed by atoms with Crippen molar-refractivity contribution in [1.29, 1.82) is 0 Å². The molecule has 4 nitrogen and oxygen atoms in total. The lowest BCUT2D eigenvalue weighted by molar-refractivity contribution is -0.134. The molecule has 0 heterocycles. The first-order valence-electron chi connectivity index (χ1n) is 3.91. The monoisotopic (exact) mass is 283 g/mol. The number of aliphatic carboxylic acids is 1. The van der Waals surface area contributed by atoms with Crippen LogP contribution >= 0.6 is 34.8 Å². The Morgan fingerprint density at radius 2 is 1.88 bits per heavy atom. The van der Waals surface area contributed by atoms with Crippen molar-refractivity contribution in [1.82, 2.24) is 0 Å². The Bertz CT molecular complexity index is 403. The Balaban J connectivity index is 0.000000487. The van der Waals surface area contributed by atoms with Crippen molar-refractivity contribution in [3.8, 4) is 0 Å². The lowest BCUT2D eigenvalue weighted by Crippen LogP contribution is -1.91. The van der Waals surface area contributed by atoms with Gasteiger partial charge in [0.25, 0.3) is 5.97 Å². The Morgan fingerprint density at radius 3 is 2.25 bits per heavy atom. The van der Waals surface area contributed by atoms with E-state index in [1.54, 1.807) is 12.1 Å². The zero-order valence-electron chi connectivity index (χ0n) is 8.12. The van der Waals surface area contributed by atoms with Gasteiger partial charge in [-0.05, 0) is 18.2 Å². The van der Waals surface area contributed by atoms with E-state index in [9.17, 15) is 0 Å². The van der Waals surface area contributed by atoms with Crippen LogP contribution in [0, 0.1) is 0 Å². The molecule has 7 heteroatoms. The SMILES string of the molecule is CC(=O)O.O/N=C(/Cl)c1ccc(Cl)cc1Cl. The normalized spacial score (nSPS) is 10.4. The fraction of sp³-hybridized carbons (Fsp3) is 0.111. The van der Waals surface area contributed by atoms with Crippen molar-refractivity contribution in [2.24, 2.45) is 5.16 Å². The molecule has 2 N–H and O–H groups in total. The minimum Gasteiger partial charge on any atom is -0.481 e. The molecule has 0 saturated carbocycles. The Morgan fingerprint density at radius 1 is 1.38 bits per heavy atom. The van der Waals surface area contributed by atoms with Gasteiger partial charge in [-0.2, -0.15) is 0 Å². The zero-order valence-corrected chi connectivity index (χ0v) is 10.4. The van der Waals surface area contributed by atoms with E-state index in [-0.39, 0.29) is 5.17 Å². The molecule has 1 aromatic rings. The Kier molecular flexibility index (Phi) is 6.88. The number of halogens is 3. The molecule has 0 spiro atoms. The van der Waals surface area contributed by atoms with Gasteiger partial charge in [0.15, 0.2) is 5.17 Å². The smallest absolute Gasteiger partial charge is 0.300 e. The highest BCUT2D eigenvalue weighted by Crippen LogP contribution is 2.22. The zero-order chi connectivity index (χ0) is 12.7. The standard InChI is InChI=1S/C7H4Cl3NO.C2H4O2/c8-4-1-2-5(6(9)3-4)7(10)11-12;1-2(3)4/h1-3,12H;1H3,(H,3,4)/b11-7+;. The number of rotatable bonds is 1. The Labute approximate surface area is 107 Å². The quantitative estimate of drug-likeness (QED) is 0.471. The maximum atomic E-state index is 9.00. The van der Waals surface area contributed by atoms with E-state index in [2.05, 4.69) is 5.16 Å². The average molecular weight is 285 g/mol. The van der Waals surface area contributed by atoms with Gasteiger partial charge in [0, 0.05) is 17.5 Å². The molecule has 0 amide bonds. The Hall–Kier alpha value is -0.970. The topological polar surface area (TPSA) is 69.9 Å². The van der Waals surface area contributed by atoms with Gasteiger partial charge >= 0.3 is 0 Å². The van der Waals surface area contributed by atoms with Crippen molar-refractivity contribution in [2.45, 2.75) is 6.92 Å². The van der Waals surface area contributed by atoms with E-state index in [0.717, 1.165) is 6.92 Å². The van der Waals surface area contributed by atoms with Gasteiger partial charge in [0.05, 0.1) is 5.02 Å². The number of carboxylic acid groups (broad SMARTS) is 1. The van der Waals surface area contributed by atoms with Gasteiger partial charge in [-0.1, -0.05) is 40.0 Å². The first-order chi connectivity index (χ1) is 7.38. The summed E-state index contributed by atoms with van der Waals surface area (Å²) < 4.78 is 0. The summed E-state index contributed by atoms with van der Waals surface area (Å²) in [6.07, 6.45) is 0. The first kappa shape index (κ1) is 15.0. The fourth-order valence-corrected chi connectivity index (χ4v) is 1.42. The number of nitrogens with zero attached hydrogens (tertiary/aromatic N) is 1. The van der Waals surface area contributed by atoms with Gasteiger partial charge in [-0.15, -0.1) is 0 Å². The van der Waals surface area contributed by atoms with E-state index in [4.69, 9.17) is 49.9 Å². The van der Waals surface area contributed by atoms with Gasteiger partial charge in [-0.25, -0.2) is 0 Å². The van der Waals surface area contributed by atoms with Crippen LogP contribution in [0.15, 0.2) is 23.4 Å². The number of carboxylic acids is 1. The van der Waals surface area contributed by atoms with Gasteiger partial charge in [0.1, 0.15) is 0 Å². The molecule has 1 aromatic carbocycles. The highest BCUT2D eigenvalue weighted by molar-refractivity contribution is 6.70. The summed E-state index contributed by atoms with van der Waals surface area (Å²) in [5.74, 6) is -0.833. The molecule has 0 aliphatic carbocycles. The second-order valence-electron chi connectivity index (χ2n) is 2.53. The van der Waals surface area contributed by atoms with E-state index in [1.165, 1.54) is 6.07 Å². The van der Waals surface area contributed by atoms with Gasteiger partial charge in [-0.3, -0.25) is 4.79 Å². The molecular weight excluding hydrogens is 276 g/mol. The average Bonchev–Trinajstić information content (AvgIpc) is 2.16. The van der Waals surface area contributed by atoms with Crippen molar-refractivity contribution >= 4 is 45.9 Å². The minimum atomic E-state index is -0.833. The summed E-state index contributed by atoms with van der Waals surface area (Å²) in [5, 5.41) is 19.4. The fourth-order valence-electron chi connectivity index (χ4n) is 0.711. The molecule has 16 heavy (non-hydrogen) atoms. The molecule has 0 aliphatic rings. The summed E-state index contributed by atoms with van der Waals surface area (Å²) in [5.41, 5.74) is 0.449. The number of hydrogen-bond acceptors (Lipinski definition) is 3. The number of hydrogen-bond donors (Lipinski definition) is 2. The van der Waals surface area contributed by atoms with Crippen LogP contribution in [0.2, 0.25) is 10.0 Å². The predicted molar refractivity (Wildman–Crippen MR) is 63.9 cm³/mol. The van der Waals surface area contributed by atoms with Crippen LogP contribution in [0.1, 0.15) is 12.5 Å². The van der Waals surface area contributed by atoms with Gasteiger partial charge in [0.2, 0.25) is 0 Å². The third-order valence-electron chi connectivity index (χ3n) is 1.24. The van der Waals surface area contributed by atoms with E-state index >= 15 is 0 Å². The number of oxime groups is 1. The first-order valence-corrected chi connectivity index (χ1v) is 5.04. The van der Waals surface area contributed by atoms with Crippen LogP contribution in [0.3, 0.4) is 0 Å². The van der Waals surface area contributed by atoms with Crippen LogP contribution in [0.4, 0.5) is 0 Å². The van der Waals surface area contributed by atoms with E-state index in [0.29, 0.717) is 15.6 Å². The molecular formula is C9H8Cl3NO3. The summed E-state index contributed by atoms with van der Waals surface area (Å²) in [7, 11) is 0. The van der Waals surface area contributed by atoms with Gasteiger partial charge < -0.3 is 10.3 Å². The molecule has 0 bridgehead atoms. The molecule has 0 aromatic heterocycles. The summed E-state index contributed by atoms with van der Waals surface area (Å²) in [6, 6.07) is 4.70. The summed E-state index contributed by atoms with van der Waals surface area (Å²) >= 11 is 16.9. The second-order valence-corrected chi connectivity index (χ2v) is 3.74. The highest BCUT2D eigenvalue weighted by atomic mass is 35.5. The lowest BCUT2D eigenvalue weighted by atomic mass is 10.2. The van der Waals surface area contributed by atoms with Crippen molar-refractivity contribution < 1.29 is 15.1 Å². The van der Waals surface area contributed by atoms with E-state index < -0.39 is 5.97 Å². The minimum absolute atomic E-state index is 0.0586. The largest absolute Gasteiger partial charge is 0.481 e. The molecule has 0 radical (unpaired) electrons. The summed E-state index contributed by atoms with van der Waals surface area (Å²) in [6.45, 7) is 1.08. The van der Waals surface area contributed by atoms with Crippen LogP contribution in [-0.4, -0.2) is 21.5 Å². The molecule has 0 atom stereocenters. The molecule has 1 rings (SSSR count). The molecule has 0 saturated heterocycles. The van der Waals surface area contributed by atoms with Crippen LogP contribution in [0.5, 0.6) is 0 Å². The lowest BCUT2D eigenvalue weighted by Gasteiger charge is -1.99. The van der Waals surface area contributed by atoms with Crippen LogP contribution in [-0.2, 0) is 4.79 Å². The summed E-state index contributed by atoms with van der Waals surface area (Å²) in [4.78, 5) is 9.00. The number of carbonyl (C=O) groups is 1. The second kappa shape index (κ2) is 7.33. The maximum absolute atomic E-state index is 9.00. The van der Waals surface area contributed by atoms with Crippen LogP contribution in [0.25, 0.3) is 0 Å². The molecule has 0 unspecified atom stereocenters. The van der Waals surface area contributed by atoms with Crippen LogP contribution < -0.4 is 0 Å². The molecule has 88 valence electrons.